The average Bonchev–Trinajstić information content (AvgIpc) is 3.29. The van der Waals surface area contributed by atoms with Crippen molar-refractivity contribution >= 4 is 11.8 Å². The molecule has 2 aromatic rings. The Labute approximate surface area is 168 Å². The van der Waals surface area contributed by atoms with E-state index in [0.29, 0.717) is 32.0 Å². The highest BCUT2D eigenvalue weighted by molar-refractivity contribution is 5.81. The van der Waals surface area contributed by atoms with E-state index in [4.69, 9.17) is 4.74 Å². The number of hydrogen-bond donors (Lipinski definition) is 1. The third kappa shape index (κ3) is 4.43. The molecule has 1 aromatic carbocycles. The van der Waals surface area contributed by atoms with Crippen LogP contribution in [0, 0.1) is 0 Å². The first-order valence-corrected chi connectivity index (χ1v) is 9.78. The summed E-state index contributed by atoms with van der Waals surface area (Å²) >= 11 is 0. The number of aromatic nitrogens is 4. The van der Waals surface area contributed by atoms with Gasteiger partial charge < -0.3 is 15.0 Å². The molecule has 0 aliphatic carbocycles. The molecule has 0 unspecified atom stereocenters. The smallest absolute Gasteiger partial charge is 0.242 e. The Kier molecular flexibility index (Phi) is 5.81. The monoisotopic (exact) mass is 399 g/mol. The van der Waals surface area contributed by atoms with Gasteiger partial charge in [0.1, 0.15) is 6.54 Å². The fraction of sp³-hybridized carbons (Fsp3) is 0.526. The van der Waals surface area contributed by atoms with Crippen molar-refractivity contribution in [3.8, 4) is 0 Å². The summed E-state index contributed by atoms with van der Waals surface area (Å²) in [5.74, 6) is 0.447. The van der Waals surface area contributed by atoms with Gasteiger partial charge in [-0.15, -0.1) is 5.10 Å². The van der Waals surface area contributed by atoms with Gasteiger partial charge in [0.05, 0.1) is 25.3 Å². The van der Waals surface area contributed by atoms with Gasteiger partial charge in [0.2, 0.25) is 11.8 Å². The van der Waals surface area contributed by atoms with Crippen LogP contribution in [0.4, 0.5) is 0 Å². The van der Waals surface area contributed by atoms with Crippen LogP contribution >= 0.6 is 0 Å². The molecule has 154 valence electrons. The molecule has 1 aromatic heterocycles. The summed E-state index contributed by atoms with van der Waals surface area (Å²) in [5.41, 5.74) is 1.06. The Bertz CT molecular complexity index is 850. The largest absolute Gasteiger partial charge is 0.379 e. The van der Waals surface area contributed by atoms with E-state index in [0.717, 1.165) is 18.7 Å². The molecule has 10 nitrogen and oxygen atoms in total. The van der Waals surface area contributed by atoms with Gasteiger partial charge in [-0.25, -0.2) is 4.68 Å². The zero-order valence-electron chi connectivity index (χ0n) is 16.4. The molecule has 0 bridgehead atoms. The van der Waals surface area contributed by atoms with E-state index in [-0.39, 0.29) is 30.4 Å². The summed E-state index contributed by atoms with van der Waals surface area (Å²) < 4.78 is 7.04. The van der Waals surface area contributed by atoms with Crippen LogP contribution in [0.2, 0.25) is 0 Å². The van der Waals surface area contributed by atoms with Crippen molar-refractivity contribution in [1.29, 1.82) is 0 Å². The number of ether oxygens (including phenoxy) is 1. The zero-order chi connectivity index (χ0) is 20.2. The first-order valence-electron chi connectivity index (χ1n) is 9.78. The highest BCUT2D eigenvalue weighted by Gasteiger charge is 2.31. The van der Waals surface area contributed by atoms with Crippen LogP contribution < -0.4 is 5.32 Å². The minimum Gasteiger partial charge on any atom is -0.379 e. The normalized spacial score (nSPS) is 21.3. The number of morpholine rings is 1. The first kappa shape index (κ1) is 19.5. The van der Waals surface area contributed by atoms with Gasteiger partial charge in [-0.3, -0.25) is 14.5 Å². The average molecular weight is 399 g/mol. The summed E-state index contributed by atoms with van der Waals surface area (Å²) in [7, 11) is 1.74. The molecule has 2 atom stereocenters. The SMILES string of the molecule is CN1C[C@@H](NC(=O)Cn2nnnc2[C@H](c2ccccc2)N2CCOCC2)CC1=O. The van der Waals surface area contributed by atoms with Crippen molar-refractivity contribution in [1.82, 2.24) is 35.3 Å². The van der Waals surface area contributed by atoms with E-state index in [1.807, 2.05) is 30.3 Å². The van der Waals surface area contributed by atoms with Gasteiger partial charge in [0.25, 0.3) is 0 Å². The van der Waals surface area contributed by atoms with Crippen molar-refractivity contribution in [2.24, 2.45) is 0 Å². The van der Waals surface area contributed by atoms with Crippen molar-refractivity contribution in [2.75, 3.05) is 39.9 Å². The van der Waals surface area contributed by atoms with Gasteiger partial charge in [-0.1, -0.05) is 30.3 Å². The van der Waals surface area contributed by atoms with Crippen molar-refractivity contribution in [3.05, 3.63) is 41.7 Å². The maximum Gasteiger partial charge on any atom is 0.242 e. The molecule has 2 aliphatic heterocycles. The third-order valence-corrected chi connectivity index (χ3v) is 5.33. The predicted octanol–water partition coefficient (Wildman–Crippen LogP) is -0.558. The standard InChI is InChI=1S/C19H25N7O3/c1-24-12-15(11-17(24)28)20-16(27)13-26-19(21-22-23-26)18(14-5-3-2-4-6-14)25-7-9-29-10-8-25/h2-6,15,18H,7-13H2,1H3,(H,20,27)/t15-,18-/m0/s1. The van der Waals surface area contributed by atoms with Crippen molar-refractivity contribution in [3.63, 3.8) is 0 Å². The van der Waals surface area contributed by atoms with E-state index in [1.54, 1.807) is 16.6 Å². The number of amides is 2. The lowest BCUT2D eigenvalue weighted by molar-refractivity contribution is -0.126. The zero-order valence-corrected chi connectivity index (χ0v) is 16.4. The number of nitrogens with zero attached hydrogens (tertiary/aromatic N) is 6. The van der Waals surface area contributed by atoms with Crippen molar-refractivity contribution in [2.45, 2.75) is 25.0 Å². The molecule has 1 N–H and O–H groups in total. The number of carbonyl (C=O) groups is 2. The number of likely N-dealkylation sites (tertiary alicyclic amines) is 1. The van der Waals surface area contributed by atoms with E-state index < -0.39 is 0 Å². The van der Waals surface area contributed by atoms with Gasteiger partial charge in [0.15, 0.2) is 5.82 Å². The number of likely N-dealkylation sites (N-methyl/N-ethyl adjacent to an activating group) is 1. The molecule has 4 rings (SSSR count). The Morgan fingerprint density at radius 3 is 2.72 bits per heavy atom. The van der Waals surface area contributed by atoms with E-state index in [2.05, 4.69) is 25.7 Å². The molecule has 2 aliphatic rings. The second kappa shape index (κ2) is 8.66. The molecule has 0 spiro atoms. The number of carbonyl (C=O) groups excluding carboxylic acids is 2. The predicted molar refractivity (Wildman–Crippen MR) is 103 cm³/mol. The quantitative estimate of drug-likeness (QED) is 0.694. The summed E-state index contributed by atoms with van der Waals surface area (Å²) in [5, 5.41) is 15.1. The molecule has 2 saturated heterocycles. The van der Waals surface area contributed by atoms with Crippen LogP contribution in [0.25, 0.3) is 0 Å². The molecule has 10 heteroatoms. The van der Waals surface area contributed by atoms with Crippen LogP contribution in [0.15, 0.2) is 30.3 Å². The summed E-state index contributed by atoms with van der Waals surface area (Å²) in [6.45, 7) is 3.34. The van der Waals surface area contributed by atoms with Gasteiger partial charge >= 0.3 is 0 Å². The van der Waals surface area contributed by atoms with Crippen LogP contribution in [0.5, 0.6) is 0 Å². The Hall–Kier alpha value is -2.85. The van der Waals surface area contributed by atoms with Gasteiger partial charge in [-0.2, -0.15) is 0 Å². The molecule has 29 heavy (non-hydrogen) atoms. The molecule has 0 saturated carbocycles. The topological polar surface area (TPSA) is 105 Å². The molecule has 0 radical (unpaired) electrons. The molecule has 2 fully saturated rings. The number of nitrogens with one attached hydrogen (secondary N) is 1. The number of tetrazole rings is 1. The minimum atomic E-state index is -0.208. The molecular weight excluding hydrogens is 374 g/mol. The first-order chi connectivity index (χ1) is 14.1. The molecule has 2 amide bonds. The highest BCUT2D eigenvalue weighted by Crippen LogP contribution is 2.27. The summed E-state index contributed by atoms with van der Waals surface area (Å²) in [6.07, 6.45) is 0.325. The fourth-order valence-electron chi connectivity index (χ4n) is 3.88. The Morgan fingerprint density at radius 1 is 1.28 bits per heavy atom. The number of rotatable bonds is 6. The lowest BCUT2D eigenvalue weighted by Gasteiger charge is -2.33. The molecular formula is C19H25N7O3. The Balaban J connectivity index is 1.52. The summed E-state index contributed by atoms with van der Waals surface area (Å²) in [4.78, 5) is 28.1. The maximum absolute atomic E-state index is 12.6. The molecule has 3 heterocycles. The van der Waals surface area contributed by atoms with E-state index in [1.165, 1.54) is 0 Å². The van der Waals surface area contributed by atoms with Crippen LogP contribution in [0.3, 0.4) is 0 Å². The lowest BCUT2D eigenvalue weighted by atomic mass is 10.0. The van der Waals surface area contributed by atoms with Crippen LogP contribution in [-0.4, -0.2) is 87.8 Å². The minimum absolute atomic E-state index is 0.00438. The second-order valence-electron chi connectivity index (χ2n) is 7.40. The Morgan fingerprint density at radius 2 is 2.03 bits per heavy atom. The third-order valence-electron chi connectivity index (χ3n) is 5.33. The fourth-order valence-corrected chi connectivity index (χ4v) is 3.88. The van der Waals surface area contributed by atoms with Gasteiger partial charge in [0, 0.05) is 33.1 Å². The second-order valence-corrected chi connectivity index (χ2v) is 7.40. The maximum atomic E-state index is 12.6. The lowest BCUT2D eigenvalue weighted by Crippen LogP contribution is -2.42. The van der Waals surface area contributed by atoms with Crippen LogP contribution in [0.1, 0.15) is 23.9 Å². The number of benzene rings is 1. The summed E-state index contributed by atoms with van der Waals surface area (Å²) in [6, 6.07) is 9.68. The van der Waals surface area contributed by atoms with Crippen molar-refractivity contribution < 1.29 is 14.3 Å². The van der Waals surface area contributed by atoms with E-state index in [9.17, 15) is 9.59 Å². The van der Waals surface area contributed by atoms with Gasteiger partial charge in [-0.05, 0) is 16.0 Å². The highest BCUT2D eigenvalue weighted by atomic mass is 16.5. The van der Waals surface area contributed by atoms with Crippen LogP contribution in [-0.2, 0) is 20.9 Å². The number of hydrogen-bond acceptors (Lipinski definition) is 7. The van der Waals surface area contributed by atoms with E-state index >= 15 is 0 Å².